The number of rotatable bonds is 6. The smallest absolute Gasteiger partial charge is 0.0681 e. The van der Waals surface area contributed by atoms with Crippen molar-refractivity contribution in [1.82, 2.24) is 10.6 Å². The molecule has 0 spiro atoms. The lowest BCUT2D eigenvalue weighted by Gasteiger charge is -2.26. The van der Waals surface area contributed by atoms with Gasteiger partial charge in [0.05, 0.1) is 12.3 Å². The highest BCUT2D eigenvalue weighted by molar-refractivity contribution is 5.74. The van der Waals surface area contributed by atoms with Gasteiger partial charge in [0.2, 0.25) is 0 Å². The maximum Gasteiger partial charge on any atom is 0.0681 e. The summed E-state index contributed by atoms with van der Waals surface area (Å²) in [5, 5.41) is 22.4. The van der Waals surface area contributed by atoms with Gasteiger partial charge in [0, 0.05) is 25.5 Å². The molecular weight excluding hydrogens is 190 g/mol. The van der Waals surface area contributed by atoms with E-state index in [1.165, 1.54) is 6.21 Å². The van der Waals surface area contributed by atoms with E-state index in [4.69, 9.17) is 5.41 Å². The summed E-state index contributed by atoms with van der Waals surface area (Å²) in [7, 11) is 1.78. The first kappa shape index (κ1) is 14.0. The number of aliphatic hydroxyl groups is 1. The molecule has 0 aromatic carbocycles. The number of allylic oxidation sites excluding steroid dienone is 1. The van der Waals surface area contributed by atoms with Crippen LogP contribution >= 0.6 is 0 Å². The second-order valence-electron chi connectivity index (χ2n) is 4.82. The zero-order valence-electron chi connectivity index (χ0n) is 10.1. The fourth-order valence-corrected chi connectivity index (χ4v) is 1.42. The van der Waals surface area contributed by atoms with Crippen molar-refractivity contribution in [3.8, 4) is 0 Å². The molecule has 0 fully saturated rings. The Bertz CT molecular complexity index is 218. The third-order valence-corrected chi connectivity index (χ3v) is 1.91. The Hall–Kier alpha value is -1.03. The number of aliphatic hydroxyl groups excluding tert-OH is 1. The van der Waals surface area contributed by atoms with Crippen molar-refractivity contribution in [3.63, 3.8) is 0 Å². The van der Waals surface area contributed by atoms with Crippen molar-refractivity contribution < 1.29 is 5.11 Å². The fraction of sp³-hybridized carbons (Fsp3) is 0.727. The van der Waals surface area contributed by atoms with Crippen molar-refractivity contribution in [2.75, 3.05) is 13.7 Å². The highest BCUT2D eigenvalue weighted by Gasteiger charge is 2.18. The number of nitrogens with one attached hydrogen (secondary N) is 3. The molecule has 0 saturated heterocycles. The second kappa shape index (κ2) is 6.45. The average Bonchev–Trinajstić information content (AvgIpc) is 2.13. The molecule has 0 aromatic rings. The molecule has 0 heterocycles. The Kier molecular flexibility index (Phi) is 6.01. The van der Waals surface area contributed by atoms with Crippen LogP contribution in [0.5, 0.6) is 0 Å². The summed E-state index contributed by atoms with van der Waals surface area (Å²) in [4.78, 5) is 0. The van der Waals surface area contributed by atoms with Gasteiger partial charge < -0.3 is 21.1 Å². The Labute approximate surface area is 92.3 Å². The number of hydrogen-bond acceptors (Lipinski definition) is 4. The van der Waals surface area contributed by atoms with Crippen LogP contribution in [-0.2, 0) is 0 Å². The molecule has 88 valence electrons. The lowest BCUT2D eigenvalue weighted by atomic mass is 9.88. The predicted molar refractivity (Wildman–Crippen MR) is 64.0 cm³/mol. The summed E-state index contributed by atoms with van der Waals surface area (Å²) in [6.07, 6.45) is 3.80. The van der Waals surface area contributed by atoms with Gasteiger partial charge in [0.1, 0.15) is 0 Å². The molecule has 0 aliphatic carbocycles. The van der Waals surface area contributed by atoms with Gasteiger partial charge in [-0.3, -0.25) is 0 Å². The highest BCUT2D eigenvalue weighted by Crippen LogP contribution is 2.20. The molecule has 0 rings (SSSR count). The van der Waals surface area contributed by atoms with Crippen LogP contribution in [-0.4, -0.2) is 31.0 Å². The van der Waals surface area contributed by atoms with Gasteiger partial charge >= 0.3 is 0 Å². The first-order valence-electron chi connectivity index (χ1n) is 5.18. The van der Waals surface area contributed by atoms with Gasteiger partial charge in [-0.05, 0) is 11.8 Å². The van der Waals surface area contributed by atoms with Crippen molar-refractivity contribution >= 4 is 6.21 Å². The largest absolute Gasteiger partial charge is 0.394 e. The quantitative estimate of drug-likeness (QED) is 0.499. The van der Waals surface area contributed by atoms with Crippen LogP contribution in [0, 0.1) is 10.8 Å². The van der Waals surface area contributed by atoms with Crippen molar-refractivity contribution in [3.05, 3.63) is 11.9 Å². The van der Waals surface area contributed by atoms with E-state index in [0.717, 1.165) is 6.42 Å². The van der Waals surface area contributed by atoms with Crippen LogP contribution in [0.3, 0.4) is 0 Å². The van der Waals surface area contributed by atoms with Gasteiger partial charge in [0.25, 0.3) is 0 Å². The molecule has 0 amide bonds. The minimum Gasteiger partial charge on any atom is -0.394 e. The molecule has 0 aliphatic heterocycles. The monoisotopic (exact) mass is 213 g/mol. The molecule has 0 aromatic heterocycles. The Morgan fingerprint density at radius 1 is 1.47 bits per heavy atom. The lowest BCUT2D eigenvalue weighted by Crippen LogP contribution is -2.36. The fourth-order valence-electron chi connectivity index (χ4n) is 1.42. The first-order chi connectivity index (χ1) is 6.92. The van der Waals surface area contributed by atoms with E-state index in [1.54, 1.807) is 13.2 Å². The molecule has 0 bridgehead atoms. The topological polar surface area (TPSA) is 68.1 Å². The maximum absolute atomic E-state index is 9.22. The van der Waals surface area contributed by atoms with Crippen LogP contribution in [0.2, 0.25) is 0 Å². The minimum absolute atomic E-state index is 0.00815. The van der Waals surface area contributed by atoms with Gasteiger partial charge in [-0.1, -0.05) is 20.8 Å². The molecule has 1 unspecified atom stereocenters. The minimum atomic E-state index is -0.00815. The summed E-state index contributed by atoms with van der Waals surface area (Å²) in [6, 6.07) is -0.00815. The van der Waals surface area contributed by atoms with Crippen molar-refractivity contribution in [2.45, 2.75) is 33.2 Å². The van der Waals surface area contributed by atoms with Gasteiger partial charge in [-0.15, -0.1) is 0 Å². The zero-order valence-corrected chi connectivity index (χ0v) is 10.1. The van der Waals surface area contributed by atoms with Crippen LogP contribution < -0.4 is 10.6 Å². The first-order valence-corrected chi connectivity index (χ1v) is 5.18. The van der Waals surface area contributed by atoms with E-state index in [0.29, 0.717) is 5.70 Å². The SMILES string of the molecule is CN/C=C(\C=N)NC(CO)CC(C)(C)C. The van der Waals surface area contributed by atoms with E-state index in [2.05, 4.69) is 31.4 Å². The van der Waals surface area contributed by atoms with E-state index >= 15 is 0 Å². The van der Waals surface area contributed by atoms with E-state index in [1.807, 2.05) is 0 Å². The van der Waals surface area contributed by atoms with Crippen LogP contribution in [0.1, 0.15) is 27.2 Å². The summed E-state index contributed by atoms with van der Waals surface area (Å²) in [5.74, 6) is 0. The maximum atomic E-state index is 9.22. The average molecular weight is 213 g/mol. The summed E-state index contributed by atoms with van der Waals surface area (Å²) in [5.41, 5.74) is 0.841. The molecule has 4 nitrogen and oxygen atoms in total. The Morgan fingerprint density at radius 3 is 2.40 bits per heavy atom. The number of hydrogen-bond donors (Lipinski definition) is 4. The Balaban J connectivity index is 4.31. The molecular formula is C11H23N3O. The summed E-state index contributed by atoms with van der Waals surface area (Å²) >= 11 is 0. The molecule has 4 heteroatoms. The van der Waals surface area contributed by atoms with Gasteiger partial charge in [-0.25, -0.2) is 0 Å². The van der Waals surface area contributed by atoms with Crippen molar-refractivity contribution in [2.24, 2.45) is 5.41 Å². The lowest BCUT2D eigenvalue weighted by molar-refractivity contribution is 0.207. The van der Waals surface area contributed by atoms with Gasteiger partial charge in [0.15, 0.2) is 0 Å². The predicted octanol–water partition coefficient (Wildman–Crippen LogP) is 1.08. The van der Waals surface area contributed by atoms with Crippen LogP contribution in [0.4, 0.5) is 0 Å². The van der Waals surface area contributed by atoms with Crippen LogP contribution in [0.15, 0.2) is 11.9 Å². The van der Waals surface area contributed by atoms with E-state index < -0.39 is 0 Å². The van der Waals surface area contributed by atoms with E-state index in [9.17, 15) is 5.11 Å². The molecule has 0 radical (unpaired) electrons. The van der Waals surface area contributed by atoms with Crippen molar-refractivity contribution in [1.29, 1.82) is 5.41 Å². The van der Waals surface area contributed by atoms with Gasteiger partial charge in [-0.2, -0.15) is 0 Å². The zero-order chi connectivity index (χ0) is 11.9. The van der Waals surface area contributed by atoms with E-state index in [-0.39, 0.29) is 18.1 Å². The molecule has 4 N–H and O–H groups in total. The summed E-state index contributed by atoms with van der Waals surface area (Å²) < 4.78 is 0. The summed E-state index contributed by atoms with van der Waals surface area (Å²) in [6.45, 7) is 6.46. The normalized spacial score (nSPS) is 14.6. The molecule has 0 saturated carbocycles. The standard InChI is InChI=1S/C11H23N3O/c1-11(2,3)5-9(8-15)14-10(6-12)7-13-4/h6-7,9,12-15H,5,8H2,1-4H3/b10-7+,12-6?. The Morgan fingerprint density at radius 2 is 2.07 bits per heavy atom. The molecule has 1 atom stereocenters. The highest BCUT2D eigenvalue weighted by atomic mass is 16.3. The third kappa shape index (κ3) is 6.96. The third-order valence-electron chi connectivity index (χ3n) is 1.91. The van der Waals surface area contributed by atoms with Crippen LogP contribution in [0.25, 0.3) is 0 Å². The second-order valence-corrected chi connectivity index (χ2v) is 4.82. The molecule has 0 aliphatic rings. The molecule has 15 heavy (non-hydrogen) atoms.